The zero-order valence-electron chi connectivity index (χ0n) is 15.1. The van der Waals surface area contributed by atoms with Gasteiger partial charge >= 0.3 is 13.7 Å². The summed E-state index contributed by atoms with van der Waals surface area (Å²) in [5.74, 6) is -0.152. The van der Waals surface area contributed by atoms with Crippen molar-refractivity contribution in [3.63, 3.8) is 0 Å². The van der Waals surface area contributed by atoms with Gasteiger partial charge in [-0.1, -0.05) is 48.5 Å². The Balaban J connectivity index is 2.12. The molecule has 0 bridgehead atoms. The zero-order valence-corrected chi connectivity index (χ0v) is 16.0. The van der Waals surface area contributed by atoms with Crippen LogP contribution in [0, 0.1) is 0 Å². The topological polar surface area (TPSA) is 73.9 Å². The minimum atomic E-state index is -3.81. The molecule has 26 heavy (non-hydrogen) atoms. The smallest absolute Gasteiger partial charge is 0.459 e. The first kappa shape index (κ1) is 20.2. The number of rotatable bonds is 9. The predicted octanol–water partition coefficient (Wildman–Crippen LogP) is 4.32. The molecule has 0 fully saturated rings. The number of ether oxygens (including phenoxy) is 1. The molecule has 0 aromatic heterocycles. The average molecular weight is 377 g/mol. The van der Waals surface area contributed by atoms with Crippen molar-refractivity contribution >= 4 is 13.7 Å². The van der Waals surface area contributed by atoms with Crippen LogP contribution in [0.15, 0.2) is 60.7 Å². The molecule has 0 aliphatic heterocycles. The number of esters is 1. The maximum atomic E-state index is 13.2. The maximum Gasteiger partial charge on any atom is 0.459 e. The Morgan fingerprint density at radius 3 is 2.15 bits per heavy atom. The van der Waals surface area contributed by atoms with Crippen LogP contribution in [-0.2, 0) is 25.2 Å². The SMILES string of the molecule is CC(C)OC(=O)[C@H](C)NP(=O)(OCc1ccccc1)Oc1ccccc1. The Labute approximate surface area is 154 Å². The van der Waals surface area contributed by atoms with Gasteiger partial charge in [-0.15, -0.1) is 0 Å². The summed E-state index contributed by atoms with van der Waals surface area (Å²) in [5.41, 5.74) is 0.837. The summed E-state index contributed by atoms with van der Waals surface area (Å²) in [5, 5.41) is 2.65. The second-order valence-corrected chi connectivity index (χ2v) is 7.69. The zero-order chi connectivity index (χ0) is 19.0. The Morgan fingerprint density at radius 2 is 1.58 bits per heavy atom. The largest absolute Gasteiger partial charge is 0.462 e. The van der Waals surface area contributed by atoms with Gasteiger partial charge in [0.05, 0.1) is 12.7 Å². The van der Waals surface area contributed by atoms with E-state index in [4.69, 9.17) is 13.8 Å². The first-order valence-corrected chi connectivity index (χ1v) is 9.94. The first-order chi connectivity index (χ1) is 12.4. The normalized spacial score (nSPS) is 14.5. The summed E-state index contributed by atoms with van der Waals surface area (Å²) in [6.45, 7) is 5.12. The molecular weight excluding hydrogens is 353 g/mol. The molecule has 2 aromatic carbocycles. The number of carbonyl (C=O) groups excluding carboxylic acids is 1. The van der Waals surface area contributed by atoms with Crippen LogP contribution in [0.25, 0.3) is 0 Å². The van der Waals surface area contributed by atoms with E-state index >= 15 is 0 Å². The Kier molecular flexibility index (Phi) is 7.39. The molecule has 0 heterocycles. The third-order valence-corrected chi connectivity index (χ3v) is 4.89. The van der Waals surface area contributed by atoms with Gasteiger partial charge in [-0.05, 0) is 38.5 Å². The number of para-hydroxylation sites is 1. The fourth-order valence-electron chi connectivity index (χ4n) is 2.07. The van der Waals surface area contributed by atoms with Gasteiger partial charge in [0.25, 0.3) is 0 Å². The van der Waals surface area contributed by atoms with Gasteiger partial charge in [0, 0.05) is 0 Å². The van der Waals surface area contributed by atoms with Crippen molar-refractivity contribution in [1.29, 1.82) is 0 Å². The molecule has 0 aliphatic carbocycles. The van der Waals surface area contributed by atoms with Crippen molar-refractivity contribution in [2.24, 2.45) is 0 Å². The van der Waals surface area contributed by atoms with Crippen LogP contribution in [0.1, 0.15) is 26.3 Å². The summed E-state index contributed by atoms with van der Waals surface area (Å²) in [4.78, 5) is 12.0. The van der Waals surface area contributed by atoms with E-state index in [1.807, 2.05) is 36.4 Å². The molecule has 7 heteroatoms. The van der Waals surface area contributed by atoms with Crippen LogP contribution in [0.3, 0.4) is 0 Å². The summed E-state index contributed by atoms with van der Waals surface area (Å²) >= 11 is 0. The number of nitrogens with one attached hydrogen (secondary N) is 1. The molecule has 0 saturated heterocycles. The number of benzene rings is 2. The van der Waals surface area contributed by atoms with E-state index in [1.165, 1.54) is 0 Å². The Bertz CT molecular complexity index is 736. The number of hydrogen-bond acceptors (Lipinski definition) is 5. The highest BCUT2D eigenvalue weighted by molar-refractivity contribution is 7.52. The van der Waals surface area contributed by atoms with Gasteiger partial charge in [-0.3, -0.25) is 9.32 Å². The molecule has 2 rings (SSSR count). The van der Waals surface area contributed by atoms with Crippen molar-refractivity contribution < 1.29 is 23.1 Å². The summed E-state index contributed by atoms with van der Waals surface area (Å²) < 4.78 is 29.5. The van der Waals surface area contributed by atoms with Crippen LogP contribution in [0.4, 0.5) is 0 Å². The standard InChI is InChI=1S/C19H24NO5P/c1-15(2)24-19(21)16(3)20-26(22,25-18-12-8-5-9-13-18)23-14-17-10-6-4-7-11-17/h4-13,15-16H,14H2,1-3H3,(H,20,22)/t16-,26?/m0/s1. The molecule has 6 nitrogen and oxygen atoms in total. The van der Waals surface area contributed by atoms with E-state index in [-0.39, 0.29) is 12.7 Å². The molecule has 0 radical (unpaired) electrons. The summed E-state index contributed by atoms with van der Waals surface area (Å²) in [7, 11) is -3.81. The highest BCUT2D eigenvalue weighted by Gasteiger charge is 2.32. The lowest BCUT2D eigenvalue weighted by atomic mass is 10.2. The van der Waals surface area contributed by atoms with Crippen LogP contribution in [0.5, 0.6) is 5.75 Å². The molecule has 0 aliphatic rings. The maximum absolute atomic E-state index is 13.2. The van der Waals surface area contributed by atoms with Crippen molar-refractivity contribution in [2.75, 3.05) is 0 Å². The van der Waals surface area contributed by atoms with E-state index in [0.29, 0.717) is 5.75 Å². The molecule has 0 saturated carbocycles. The second-order valence-electron chi connectivity index (χ2n) is 6.00. The lowest BCUT2D eigenvalue weighted by Crippen LogP contribution is -2.36. The molecule has 1 N–H and O–H groups in total. The molecule has 140 valence electrons. The van der Waals surface area contributed by atoms with Gasteiger partial charge < -0.3 is 9.26 Å². The van der Waals surface area contributed by atoms with E-state index in [2.05, 4.69) is 5.09 Å². The first-order valence-electron chi connectivity index (χ1n) is 8.39. The van der Waals surface area contributed by atoms with Crippen LogP contribution >= 0.6 is 7.75 Å². The lowest BCUT2D eigenvalue weighted by molar-refractivity contribution is -0.149. The summed E-state index contributed by atoms with van der Waals surface area (Å²) in [6.07, 6.45) is -0.272. The molecule has 1 unspecified atom stereocenters. The molecule has 0 spiro atoms. The van der Waals surface area contributed by atoms with Crippen LogP contribution < -0.4 is 9.61 Å². The minimum Gasteiger partial charge on any atom is -0.462 e. The highest BCUT2D eigenvalue weighted by Crippen LogP contribution is 2.45. The Hall–Kier alpha value is -2.14. The van der Waals surface area contributed by atoms with Crippen LogP contribution in [-0.4, -0.2) is 18.1 Å². The van der Waals surface area contributed by atoms with E-state index in [9.17, 15) is 9.36 Å². The van der Waals surface area contributed by atoms with E-state index in [0.717, 1.165) is 5.56 Å². The third kappa shape index (κ3) is 6.64. The van der Waals surface area contributed by atoms with Gasteiger partial charge in [0.1, 0.15) is 11.8 Å². The van der Waals surface area contributed by atoms with E-state index in [1.54, 1.807) is 45.0 Å². The summed E-state index contributed by atoms with van der Waals surface area (Å²) in [6, 6.07) is 17.1. The van der Waals surface area contributed by atoms with Crippen molar-refractivity contribution in [3.05, 3.63) is 66.2 Å². The van der Waals surface area contributed by atoms with Gasteiger partial charge in [-0.2, -0.15) is 5.09 Å². The number of carbonyl (C=O) groups is 1. The quantitative estimate of drug-likeness (QED) is 0.518. The van der Waals surface area contributed by atoms with Gasteiger partial charge in [-0.25, -0.2) is 4.57 Å². The monoisotopic (exact) mass is 377 g/mol. The van der Waals surface area contributed by atoms with Gasteiger partial charge in [0.2, 0.25) is 0 Å². The molecule has 0 amide bonds. The van der Waals surface area contributed by atoms with Crippen LogP contribution in [0.2, 0.25) is 0 Å². The molecular formula is C19H24NO5P. The van der Waals surface area contributed by atoms with Crippen molar-refractivity contribution in [1.82, 2.24) is 5.09 Å². The molecule has 2 atom stereocenters. The minimum absolute atomic E-state index is 0.0733. The predicted molar refractivity (Wildman–Crippen MR) is 99.7 cm³/mol. The number of hydrogen-bond donors (Lipinski definition) is 1. The second kappa shape index (κ2) is 9.53. The average Bonchev–Trinajstić information content (AvgIpc) is 2.61. The van der Waals surface area contributed by atoms with Gasteiger partial charge in [0.15, 0.2) is 0 Å². The fraction of sp³-hybridized carbons (Fsp3) is 0.316. The van der Waals surface area contributed by atoms with Crippen molar-refractivity contribution in [3.8, 4) is 5.75 Å². The molecule has 2 aromatic rings. The highest BCUT2D eigenvalue weighted by atomic mass is 31.2. The fourth-order valence-corrected chi connectivity index (χ4v) is 3.55. The Morgan fingerprint density at radius 1 is 1.00 bits per heavy atom. The van der Waals surface area contributed by atoms with Crippen molar-refractivity contribution in [2.45, 2.75) is 39.5 Å². The third-order valence-electron chi connectivity index (χ3n) is 3.27. The lowest BCUT2D eigenvalue weighted by Gasteiger charge is -2.23. The van der Waals surface area contributed by atoms with E-state index < -0.39 is 19.8 Å².